The lowest BCUT2D eigenvalue weighted by Crippen LogP contribution is -2.22. The molecule has 0 saturated heterocycles. The first-order valence-corrected chi connectivity index (χ1v) is 9.57. The van der Waals surface area contributed by atoms with Crippen LogP contribution in [0, 0.1) is 0 Å². The first-order valence-electron chi connectivity index (χ1n) is 9.19. The summed E-state index contributed by atoms with van der Waals surface area (Å²) >= 11 is 5.81. The van der Waals surface area contributed by atoms with Crippen LogP contribution in [-0.4, -0.2) is 39.1 Å². The molecule has 0 aliphatic heterocycles. The smallest absolute Gasteiger partial charge is 0.202 e. The predicted octanol–water partition coefficient (Wildman–Crippen LogP) is 4.21. The molecule has 1 aliphatic carbocycles. The van der Waals surface area contributed by atoms with E-state index in [0.717, 1.165) is 31.4 Å². The number of halogens is 1. The van der Waals surface area contributed by atoms with Crippen LogP contribution in [0.1, 0.15) is 76.1 Å². The number of ether oxygens (including phenoxy) is 1. The quantitative estimate of drug-likeness (QED) is 0.440. The Bertz CT molecular complexity index is 1010. The molecule has 0 aromatic heterocycles. The van der Waals surface area contributed by atoms with Gasteiger partial charge in [-0.05, 0) is 18.6 Å². The summed E-state index contributed by atoms with van der Waals surface area (Å²) in [6.45, 7) is 2.03. The number of carbonyl (C=O) groups is 2. The summed E-state index contributed by atoms with van der Waals surface area (Å²) in [5.41, 5.74) is -1.23. The molecule has 2 aromatic carbocycles. The summed E-state index contributed by atoms with van der Waals surface area (Å²) in [5, 5.41) is 40.9. The minimum Gasteiger partial charge on any atom is -0.507 e. The minimum atomic E-state index is -0.837. The van der Waals surface area contributed by atoms with E-state index in [9.17, 15) is 30.0 Å². The molecule has 8 heteroatoms. The molecule has 1 aliphatic rings. The molecule has 0 amide bonds. The van der Waals surface area contributed by atoms with Crippen LogP contribution < -0.4 is 0 Å². The molecule has 29 heavy (non-hydrogen) atoms. The van der Waals surface area contributed by atoms with Crippen LogP contribution in [0.3, 0.4) is 0 Å². The SMILES string of the molecule is CCCCC[C@H](OC)c1c(O)cc2c(c1O)C(=O)c1c(cc(O)c(Cl)c1O)C2=O. The Morgan fingerprint density at radius 2 is 1.52 bits per heavy atom. The first-order chi connectivity index (χ1) is 13.7. The van der Waals surface area contributed by atoms with Gasteiger partial charge in [0.15, 0.2) is 5.78 Å². The van der Waals surface area contributed by atoms with Gasteiger partial charge in [0.05, 0.1) is 22.8 Å². The minimum absolute atomic E-state index is 0.0105. The third kappa shape index (κ3) is 3.30. The molecule has 0 heterocycles. The normalized spacial score (nSPS) is 13.9. The van der Waals surface area contributed by atoms with E-state index >= 15 is 0 Å². The number of phenols is 4. The summed E-state index contributed by atoms with van der Waals surface area (Å²) in [6, 6.07) is 2.08. The van der Waals surface area contributed by atoms with Gasteiger partial charge < -0.3 is 25.2 Å². The third-order valence-electron chi connectivity index (χ3n) is 5.16. The maximum atomic E-state index is 13.1. The zero-order chi connectivity index (χ0) is 21.5. The molecule has 0 unspecified atom stereocenters. The standard InChI is InChI=1S/C21H21ClO7/c1-3-4-5-6-13(29-2)16-11(23)7-9-14(20(16)27)19(26)15-10(18(9)25)8-12(24)17(22)21(15)28/h7-8,13,23-24,27-28H,3-6H2,1-2H3/t13-/m0/s1. The number of ketones is 2. The fourth-order valence-corrected chi connectivity index (χ4v) is 3.82. The number of hydrogen-bond donors (Lipinski definition) is 4. The Morgan fingerprint density at radius 3 is 2.10 bits per heavy atom. The van der Waals surface area contributed by atoms with Crippen LogP contribution in [0.25, 0.3) is 0 Å². The second-order valence-corrected chi connectivity index (χ2v) is 7.32. The van der Waals surface area contributed by atoms with Crippen molar-refractivity contribution < 1.29 is 34.8 Å². The van der Waals surface area contributed by atoms with Crippen molar-refractivity contribution in [2.45, 2.75) is 38.7 Å². The Labute approximate surface area is 172 Å². The Morgan fingerprint density at radius 1 is 0.931 bits per heavy atom. The van der Waals surface area contributed by atoms with Gasteiger partial charge in [0, 0.05) is 18.2 Å². The van der Waals surface area contributed by atoms with E-state index in [4.69, 9.17) is 16.3 Å². The Kier molecular flexibility index (Phi) is 5.73. The van der Waals surface area contributed by atoms with Crippen LogP contribution in [0.5, 0.6) is 23.0 Å². The molecule has 1 atom stereocenters. The molecule has 2 aromatic rings. The number of fused-ring (bicyclic) bond motifs is 2. The van der Waals surface area contributed by atoms with E-state index < -0.39 is 45.5 Å². The number of phenolic OH excluding ortho intramolecular Hbond substituents is 4. The molecule has 154 valence electrons. The first kappa shape index (κ1) is 21.0. The largest absolute Gasteiger partial charge is 0.507 e. The zero-order valence-corrected chi connectivity index (χ0v) is 16.7. The van der Waals surface area contributed by atoms with E-state index in [0.29, 0.717) is 6.42 Å². The topological polar surface area (TPSA) is 124 Å². The lowest BCUT2D eigenvalue weighted by atomic mass is 9.81. The van der Waals surface area contributed by atoms with Crippen LogP contribution in [0.2, 0.25) is 5.02 Å². The van der Waals surface area contributed by atoms with Crippen LogP contribution >= 0.6 is 11.6 Å². The van der Waals surface area contributed by atoms with Gasteiger partial charge in [-0.1, -0.05) is 37.8 Å². The molecule has 0 saturated carbocycles. The van der Waals surface area contributed by atoms with Crippen molar-refractivity contribution >= 4 is 23.2 Å². The van der Waals surface area contributed by atoms with E-state index in [1.165, 1.54) is 7.11 Å². The van der Waals surface area contributed by atoms with E-state index in [1.54, 1.807) is 0 Å². The predicted molar refractivity (Wildman–Crippen MR) is 105 cm³/mol. The number of unbranched alkanes of at least 4 members (excludes halogenated alkanes) is 2. The lowest BCUT2D eigenvalue weighted by molar-refractivity contribution is 0.0878. The van der Waals surface area contributed by atoms with Crippen molar-refractivity contribution in [1.82, 2.24) is 0 Å². The van der Waals surface area contributed by atoms with Crippen LogP contribution in [0.15, 0.2) is 12.1 Å². The van der Waals surface area contributed by atoms with Gasteiger partial charge in [0.2, 0.25) is 5.78 Å². The summed E-state index contributed by atoms with van der Waals surface area (Å²) < 4.78 is 5.41. The number of rotatable bonds is 6. The molecule has 0 spiro atoms. The van der Waals surface area contributed by atoms with Crippen LogP contribution in [-0.2, 0) is 4.74 Å². The number of carbonyl (C=O) groups excluding carboxylic acids is 2. The molecular weight excluding hydrogens is 400 g/mol. The second-order valence-electron chi connectivity index (χ2n) is 6.94. The van der Waals surface area contributed by atoms with Crippen molar-refractivity contribution in [3.05, 3.63) is 45.0 Å². The van der Waals surface area contributed by atoms with E-state index in [2.05, 4.69) is 0 Å². The van der Waals surface area contributed by atoms with Gasteiger partial charge >= 0.3 is 0 Å². The number of hydrogen-bond acceptors (Lipinski definition) is 7. The van der Waals surface area contributed by atoms with Crippen molar-refractivity contribution in [2.24, 2.45) is 0 Å². The van der Waals surface area contributed by atoms with E-state index in [1.807, 2.05) is 6.92 Å². The summed E-state index contributed by atoms with van der Waals surface area (Å²) in [4.78, 5) is 25.9. The van der Waals surface area contributed by atoms with Crippen molar-refractivity contribution in [2.75, 3.05) is 7.11 Å². The number of aromatic hydroxyl groups is 4. The van der Waals surface area contributed by atoms with Gasteiger partial charge in [-0.2, -0.15) is 0 Å². The lowest BCUT2D eigenvalue weighted by Gasteiger charge is -2.24. The van der Waals surface area contributed by atoms with Crippen molar-refractivity contribution in [3.63, 3.8) is 0 Å². The molecule has 0 radical (unpaired) electrons. The van der Waals surface area contributed by atoms with Crippen molar-refractivity contribution in [1.29, 1.82) is 0 Å². The van der Waals surface area contributed by atoms with Crippen molar-refractivity contribution in [3.8, 4) is 23.0 Å². The highest BCUT2D eigenvalue weighted by Crippen LogP contribution is 2.47. The molecular formula is C21H21ClO7. The molecule has 7 nitrogen and oxygen atoms in total. The summed E-state index contributed by atoms with van der Waals surface area (Å²) in [5.74, 6) is -3.84. The summed E-state index contributed by atoms with van der Waals surface area (Å²) in [6.07, 6.45) is 2.47. The van der Waals surface area contributed by atoms with Crippen LogP contribution in [0.4, 0.5) is 0 Å². The van der Waals surface area contributed by atoms with Gasteiger partial charge in [-0.25, -0.2) is 0 Å². The maximum Gasteiger partial charge on any atom is 0.202 e. The van der Waals surface area contributed by atoms with Gasteiger partial charge in [0.25, 0.3) is 0 Å². The highest BCUT2D eigenvalue weighted by Gasteiger charge is 2.38. The Hall–Kier alpha value is -2.77. The average Bonchev–Trinajstić information content (AvgIpc) is 2.68. The fourth-order valence-electron chi connectivity index (χ4n) is 3.67. The summed E-state index contributed by atoms with van der Waals surface area (Å²) in [7, 11) is 1.42. The third-order valence-corrected chi connectivity index (χ3v) is 5.53. The molecule has 4 N–H and O–H groups in total. The van der Waals surface area contributed by atoms with Gasteiger partial charge in [0.1, 0.15) is 28.0 Å². The molecule has 0 bridgehead atoms. The number of benzene rings is 2. The van der Waals surface area contributed by atoms with E-state index in [-0.39, 0.29) is 28.0 Å². The second kappa shape index (κ2) is 7.93. The highest BCUT2D eigenvalue weighted by molar-refractivity contribution is 6.37. The fraction of sp³-hybridized carbons (Fsp3) is 0.333. The maximum absolute atomic E-state index is 13.1. The van der Waals surface area contributed by atoms with Gasteiger partial charge in [-0.3, -0.25) is 9.59 Å². The molecule has 0 fully saturated rings. The zero-order valence-electron chi connectivity index (χ0n) is 16.0. The number of methoxy groups -OCH3 is 1. The monoisotopic (exact) mass is 420 g/mol. The average molecular weight is 421 g/mol. The Balaban J connectivity index is 2.20. The molecule has 3 rings (SSSR count). The highest BCUT2D eigenvalue weighted by atomic mass is 35.5. The van der Waals surface area contributed by atoms with Gasteiger partial charge in [-0.15, -0.1) is 0 Å².